The highest BCUT2D eigenvalue weighted by molar-refractivity contribution is 7.89. The van der Waals surface area contributed by atoms with E-state index in [0.29, 0.717) is 18.7 Å². The molecule has 4 aromatic rings. The number of aryl methyl sites for hydroxylation is 1. The predicted octanol–water partition coefficient (Wildman–Crippen LogP) is 1.38. The van der Waals surface area contributed by atoms with Crippen LogP contribution in [0.3, 0.4) is 0 Å². The summed E-state index contributed by atoms with van der Waals surface area (Å²) < 4.78 is 60.4. The average Bonchev–Trinajstić information content (AvgIpc) is 3.49. The van der Waals surface area contributed by atoms with Crippen molar-refractivity contribution in [3.05, 3.63) is 58.1 Å². The van der Waals surface area contributed by atoms with Gasteiger partial charge in [0.1, 0.15) is 0 Å². The Balaban J connectivity index is 1.64. The lowest BCUT2D eigenvalue weighted by Crippen LogP contribution is -2.24. The van der Waals surface area contributed by atoms with Gasteiger partial charge in [-0.1, -0.05) is 6.92 Å². The summed E-state index contributed by atoms with van der Waals surface area (Å²) in [6, 6.07) is 5.80. The number of nitrogens with one attached hydrogen (secondary N) is 3. The number of nitrogen functional groups attached to an aromatic ring is 1. The molecular formula is C22H25N13O6S2. The average molecular weight is 632 g/mol. The molecule has 0 fully saturated rings. The van der Waals surface area contributed by atoms with E-state index in [-0.39, 0.29) is 52.0 Å². The fourth-order valence-electron chi connectivity index (χ4n) is 3.54. The molecule has 1 aromatic carbocycles. The van der Waals surface area contributed by atoms with Gasteiger partial charge in [0.05, 0.1) is 34.8 Å². The first-order chi connectivity index (χ1) is 20.3. The Bertz CT molecular complexity index is 1990. The fraction of sp³-hybridized carbons (Fsp3) is 0.273. The topological polar surface area (TPSA) is 262 Å². The molecule has 0 spiro atoms. The highest BCUT2D eigenvalue weighted by Gasteiger charge is 2.19. The zero-order valence-corrected chi connectivity index (χ0v) is 24.3. The Labute approximate surface area is 244 Å². The summed E-state index contributed by atoms with van der Waals surface area (Å²) in [5.41, 5.74) is 6.16. The SMILES string of the molecule is [C-]#[N+]c1cnn(-c2ccc(S(=O)(=O)NCCC)cc2)c1N=Nc1c(C)nn(-c2nc(NCCS(=O)(=O)O)[nH]c(=O)n2)c1N. The Kier molecular flexibility index (Phi) is 8.95. The summed E-state index contributed by atoms with van der Waals surface area (Å²) >= 11 is 0. The van der Waals surface area contributed by atoms with Crippen molar-refractivity contribution in [2.75, 3.05) is 29.9 Å². The summed E-state index contributed by atoms with van der Waals surface area (Å²) in [5, 5.41) is 19.3. The number of hydrogen-bond donors (Lipinski definition) is 5. The third kappa shape index (κ3) is 7.25. The molecule has 21 heteroatoms. The van der Waals surface area contributed by atoms with Gasteiger partial charge in [-0.15, -0.1) is 10.2 Å². The Morgan fingerprint density at radius 3 is 2.49 bits per heavy atom. The zero-order chi connectivity index (χ0) is 31.4. The Morgan fingerprint density at radius 2 is 1.84 bits per heavy atom. The largest absolute Gasteiger partial charge is 0.382 e. The van der Waals surface area contributed by atoms with Crippen LogP contribution in [0.15, 0.2) is 50.4 Å². The molecule has 226 valence electrons. The van der Waals surface area contributed by atoms with Crippen molar-refractivity contribution in [2.24, 2.45) is 10.2 Å². The first-order valence-corrected chi connectivity index (χ1v) is 15.4. The number of aromatic nitrogens is 7. The molecule has 6 N–H and O–H groups in total. The lowest BCUT2D eigenvalue weighted by Gasteiger charge is -2.08. The first kappa shape index (κ1) is 30.9. The summed E-state index contributed by atoms with van der Waals surface area (Å²) in [6.07, 6.45) is 1.91. The molecule has 0 saturated carbocycles. The van der Waals surface area contributed by atoms with Gasteiger partial charge in [0.2, 0.25) is 16.0 Å². The molecule has 0 unspecified atom stereocenters. The zero-order valence-electron chi connectivity index (χ0n) is 22.6. The van der Waals surface area contributed by atoms with Gasteiger partial charge in [0.25, 0.3) is 21.8 Å². The van der Waals surface area contributed by atoms with Gasteiger partial charge in [-0.25, -0.2) is 27.5 Å². The molecule has 0 atom stereocenters. The van der Waals surface area contributed by atoms with E-state index in [4.69, 9.17) is 16.9 Å². The first-order valence-electron chi connectivity index (χ1n) is 12.3. The number of nitrogens with zero attached hydrogens (tertiary/aromatic N) is 9. The van der Waals surface area contributed by atoms with Gasteiger partial charge < -0.3 is 11.1 Å². The maximum atomic E-state index is 12.4. The molecule has 3 aromatic heterocycles. The third-order valence-corrected chi connectivity index (χ3v) is 7.77. The van der Waals surface area contributed by atoms with Crippen LogP contribution in [0.4, 0.5) is 29.0 Å². The number of sulfonamides is 1. The lowest BCUT2D eigenvalue weighted by atomic mass is 10.3. The van der Waals surface area contributed by atoms with Crippen molar-refractivity contribution in [1.29, 1.82) is 0 Å². The van der Waals surface area contributed by atoms with Crippen LogP contribution in [0.25, 0.3) is 16.5 Å². The lowest BCUT2D eigenvalue weighted by molar-refractivity contribution is 0.484. The quantitative estimate of drug-likeness (QED) is 0.0843. The number of anilines is 2. The molecule has 43 heavy (non-hydrogen) atoms. The van der Waals surface area contributed by atoms with Crippen LogP contribution in [0.2, 0.25) is 0 Å². The molecule has 19 nitrogen and oxygen atoms in total. The number of aromatic amines is 1. The second kappa shape index (κ2) is 12.4. The van der Waals surface area contributed by atoms with E-state index in [0.717, 1.165) is 4.68 Å². The maximum absolute atomic E-state index is 12.4. The molecule has 0 aliphatic heterocycles. The maximum Gasteiger partial charge on any atom is 0.351 e. The smallest absolute Gasteiger partial charge is 0.351 e. The highest BCUT2D eigenvalue weighted by atomic mass is 32.2. The molecule has 0 aliphatic rings. The van der Waals surface area contributed by atoms with Gasteiger partial charge >= 0.3 is 5.69 Å². The van der Waals surface area contributed by atoms with Crippen LogP contribution in [-0.4, -0.2) is 74.7 Å². The van der Waals surface area contributed by atoms with E-state index in [1.54, 1.807) is 6.92 Å². The van der Waals surface area contributed by atoms with Crippen LogP contribution >= 0.6 is 0 Å². The van der Waals surface area contributed by atoms with Gasteiger partial charge in [-0.3, -0.25) is 9.54 Å². The summed E-state index contributed by atoms with van der Waals surface area (Å²) in [5.74, 6) is -1.14. The molecule has 0 radical (unpaired) electrons. The van der Waals surface area contributed by atoms with Crippen LogP contribution in [0, 0.1) is 13.5 Å². The van der Waals surface area contributed by atoms with E-state index in [2.05, 4.69) is 50.3 Å². The van der Waals surface area contributed by atoms with Crippen LogP contribution in [-0.2, 0) is 20.1 Å². The van der Waals surface area contributed by atoms with Crippen LogP contribution < -0.4 is 21.5 Å². The van der Waals surface area contributed by atoms with E-state index in [9.17, 15) is 21.6 Å². The van der Waals surface area contributed by atoms with Gasteiger partial charge in [0, 0.05) is 13.1 Å². The Morgan fingerprint density at radius 1 is 1.12 bits per heavy atom. The van der Waals surface area contributed by atoms with Crippen molar-refractivity contribution in [3.63, 3.8) is 0 Å². The molecular weight excluding hydrogens is 606 g/mol. The third-order valence-electron chi connectivity index (χ3n) is 5.57. The summed E-state index contributed by atoms with van der Waals surface area (Å²) in [4.78, 5) is 25.6. The van der Waals surface area contributed by atoms with Gasteiger partial charge in [0.15, 0.2) is 17.3 Å². The van der Waals surface area contributed by atoms with E-state index in [1.165, 1.54) is 35.1 Å². The number of H-pyrrole nitrogens is 1. The molecule has 0 amide bonds. The van der Waals surface area contributed by atoms with Gasteiger partial charge in [-0.05, 0) is 37.6 Å². The van der Waals surface area contributed by atoms with Crippen molar-refractivity contribution in [3.8, 4) is 11.6 Å². The van der Waals surface area contributed by atoms with E-state index in [1.807, 2.05) is 6.92 Å². The van der Waals surface area contributed by atoms with Crippen LogP contribution in [0.5, 0.6) is 0 Å². The minimum Gasteiger partial charge on any atom is -0.382 e. The van der Waals surface area contributed by atoms with Crippen molar-refractivity contribution in [1.82, 2.24) is 39.2 Å². The molecule has 3 heterocycles. The van der Waals surface area contributed by atoms with E-state index < -0.39 is 31.6 Å². The minimum absolute atomic E-state index is 0.0268. The second-order valence-electron chi connectivity index (χ2n) is 8.71. The van der Waals surface area contributed by atoms with Crippen molar-refractivity contribution in [2.45, 2.75) is 25.2 Å². The number of nitrogens with two attached hydrogens (primary N) is 1. The standard InChI is InChI=1S/C22H25N13O6S2/c1-4-9-27-43(40,41)15-7-5-14(6-8-15)34-19(16(24-3)12-26-34)32-31-17-13(2)33-35(18(17)23)21-28-20(29-22(36)30-21)25-10-11-42(37,38)39/h5-8,12,27H,4,9-11,23H2,1-2H3,(H,37,38,39)(H2,25,28,29,30,36). The monoisotopic (exact) mass is 631 g/mol. The number of benzene rings is 1. The molecule has 0 bridgehead atoms. The van der Waals surface area contributed by atoms with Gasteiger partial charge in [-0.2, -0.15) is 33.3 Å². The predicted molar refractivity (Wildman–Crippen MR) is 153 cm³/mol. The second-order valence-corrected chi connectivity index (χ2v) is 12.1. The number of hydrogen-bond acceptors (Lipinski definition) is 13. The van der Waals surface area contributed by atoms with Crippen molar-refractivity contribution >= 4 is 49.1 Å². The normalized spacial score (nSPS) is 12.0. The summed E-state index contributed by atoms with van der Waals surface area (Å²) in [7, 11) is -7.93. The van der Waals surface area contributed by atoms with Crippen LogP contribution in [0.1, 0.15) is 19.0 Å². The number of azo groups is 1. The summed E-state index contributed by atoms with van der Waals surface area (Å²) in [6.45, 7) is 10.9. The Hall–Kier alpha value is -5.04. The molecule has 4 rings (SSSR count). The van der Waals surface area contributed by atoms with Crippen molar-refractivity contribution < 1.29 is 21.4 Å². The highest BCUT2D eigenvalue weighted by Crippen LogP contribution is 2.34. The van der Waals surface area contributed by atoms with E-state index >= 15 is 0 Å². The molecule has 0 saturated heterocycles. The number of rotatable bonds is 12. The molecule has 0 aliphatic carbocycles. The minimum atomic E-state index is -4.25. The fourth-order valence-corrected chi connectivity index (χ4v) is 5.04.